The van der Waals surface area contributed by atoms with Crippen LogP contribution >= 0.6 is 11.6 Å². The summed E-state index contributed by atoms with van der Waals surface area (Å²) in [5, 5.41) is 0. The minimum absolute atomic E-state index is 0.308. The van der Waals surface area contributed by atoms with Gasteiger partial charge in [0.25, 0.3) is 0 Å². The van der Waals surface area contributed by atoms with E-state index in [9.17, 15) is 4.79 Å². The lowest BCUT2D eigenvalue weighted by atomic mass is 10.1. The number of carbonyl (C=O) groups excluding carboxylic acids is 1. The molecule has 0 bridgehead atoms. The third-order valence-corrected chi connectivity index (χ3v) is 4.73. The van der Waals surface area contributed by atoms with Gasteiger partial charge in [0.05, 0.1) is 0 Å². The number of unbranched alkanes of at least 4 members (excludes halogenated alkanes) is 8. The van der Waals surface area contributed by atoms with E-state index in [1.165, 1.54) is 51.4 Å². The molecule has 0 spiro atoms. The molecule has 1 heterocycles. The summed E-state index contributed by atoms with van der Waals surface area (Å²) in [4.78, 5) is 14.1. The van der Waals surface area contributed by atoms with Gasteiger partial charge in [-0.2, -0.15) is 0 Å². The molecule has 2 nitrogen and oxygen atoms in total. The van der Waals surface area contributed by atoms with E-state index in [1.807, 2.05) is 4.90 Å². The number of nitrogens with zero attached hydrogens (tertiary/aromatic N) is 1. The molecule has 1 atom stereocenters. The van der Waals surface area contributed by atoms with Crippen LogP contribution in [0.5, 0.6) is 0 Å². The van der Waals surface area contributed by atoms with Crippen molar-refractivity contribution in [2.24, 2.45) is 0 Å². The van der Waals surface area contributed by atoms with E-state index >= 15 is 0 Å². The highest BCUT2D eigenvalue weighted by molar-refractivity contribution is 6.18. The fourth-order valence-corrected chi connectivity index (χ4v) is 3.38. The number of amides is 1. The molecule has 1 unspecified atom stereocenters. The van der Waals surface area contributed by atoms with Crippen molar-refractivity contribution in [1.82, 2.24) is 4.90 Å². The summed E-state index contributed by atoms with van der Waals surface area (Å²) < 4.78 is 0. The van der Waals surface area contributed by atoms with E-state index in [0.29, 0.717) is 17.8 Å². The number of hydrogen-bond donors (Lipinski definition) is 0. The topological polar surface area (TPSA) is 20.3 Å². The molecule has 1 amide bonds. The SMILES string of the molecule is CCCCCCCCCCCC(=O)N1CCCC1CCl. The van der Waals surface area contributed by atoms with Crippen LogP contribution in [0.1, 0.15) is 84.0 Å². The molecule has 0 aromatic rings. The van der Waals surface area contributed by atoms with Crippen molar-refractivity contribution in [3.63, 3.8) is 0 Å². The Morgan fingerprint density at radius 2 is 1.65 bits per heavy atom. The number of likely N-dealkylation sites (tertiary alicyclic amines) is 1. The first-order chi connectivity index (χ1) is 9.79. The minimum atomic E-state index is 0.308. The molecule has 0 aromatic carbocycles. The highest BCUT2D eigenvalue weighted by Gasteiger charge is 2.27. The van der Waals surface area contributed by atoms with Crippen LogP contribution in [0.25, 0.3) is 0 Å². The summed E-state index contributed by atoms with van der Waals surface area (Å²) in [5.74, 6) is 0.930. The smallest absolute Gasteiger partial charge is 0.222 e. The summed E-state index contributed by atoms with van der Waals surface area (Å²) in [6.07, 6.45) is 14.7. The molecule has 20 heavy (non-hydrogen) atoms. The van der Waals surface area contributed by atoms with Crippen molar-refractivity contribution in [2.45, 2.75) is 90.0 Å². The first-order valence-electron chi connectivity index (χ1n) is 8.65. The average molecular weight is 302 g/mol. The van der Waals surface area contributed by atoms with E-state index in [1.54, 1.807) is 0 Å². The van der Waals surface area contributed by atoms with Crippen molar-refractivity contribution in [3.05, 3.63) is 0 Å². The summed E-state index contributed by atoms with van der Waals surface area (Å²) in [5.41, 5.74) is 0. The summed E-state index contributed by atoms with van der Waals surface area (Å²) in [6, 6.07) is 0.308. The normalized spacial score (nSPS) is 18.7. The molecule has 0 N–H and O–H groups in total. The monoisotopic (exact) mass is 301 g/mol. The molecular weight excluding hydrogens is 270 g/mol. The Morgan fingerprint density at radius 3 is 2.25 bits per heavy atom. The Balaban J connectivity index is 1.94. The van der Waals surface area contributed by atoms with Gasteiger partial charge in [-0.3, -0.25) is 4.79 Å². The first kappa shape index (κ1) is 17.8. The van der Waals surface area contributed by atoms with Crippen molar-refractivity contribution in [2.75, 3.05) is 12.4 Å². The number of hydrogen-bond acceptors (Lipinski definition) is 1. The van der Waals surface area contributed by atoms with Gasteiger partial charge < -0.3 is 4.90 Å². The molecule has 1 rings (SSSR count). The van der Waals surface area contributed by atoms with Crippen LogP contribution in [0, 0.1) is 0 Å². The number of rotatable bonds is 11. The fraction of sp³-hybridized carbons (Fsp3) is 0.941. The molecule has 3 heteroatoms. The Morgan fingerprint density at radius 1 is 1.05 bits per heavy atom. The van der Waals surface area contributed by atoms with Crippen molar-refractivity contribution in [1.29, 1.82) is 0 Å². The van der Waals surface area contributed by atoms with Crippen LogP contribution in [0.15, 0.2) is 0 Å². The van der Waals surface area contributed by atoms with E-state index in [4.69, 9.17) is 11.6 Å². The Hall–Kier alpha value is -0.240. The zero-order chi connectivity index (χ0) is 14.6. The van der Waals surface area contributed by atoms with Gasteiger partial charge in [-0.25, -0.2) is 0 Å². The highest BCUT2D eigenvalue weighted by Crippen LogP contribution is 2.20. The van der Waals surface area contributed by atoms with Gasteiger partial charge in [-0.05, 0) is 19.3 Å². The zero-order valence-corrected chi connectivity index (χ0v) is 14.0. The number of halogens is 1. The summed E-state index contributed by atoms with van der Waals surface area (Å²) >= 11 is 5.91. The average Bonchev–Trinajstić information content (AvgIpc) is 2.94. The highest BCUT2D eigenvalue weighted by atomic mass is 35.5. The molecule has 1 aliphatic heterocycles. The van der Waals surface area contributed by atoms with Crippen LogP contribution in [0.4, 0.5) is 0 Å². The third-order valence-electron chi connectivity index (χ3n) is 4.37. The molecule has 0 saturated carbocycles. The Labute approximate surface area is 130 Å². The predicted octanol–water partition coefficient (Wildman–Crippen LogP) is 5.14. The lowest BCUT2D eigenvalue weighted by molar-refractivity contribution is -0.131. The quantitative estimate of drug-likeness (QED) is 0.382. The molecular formula is C17H32ClNO. The fourth-order valence-electron chi connectivity index (χ4n) is 3.05. The largest absolute Gasteiger partial charge is 0.339 e. The predicted molar refractivity (Wildman–Crippen MR) is 87.3 cm³/mol. The summed E-state index contributed by atoms with van der Waals surface area (Å²) in [6.45, 7) is 3.18. The zero-order valence-electron chi connectivity index (χ0n) is 13.2. The van der Waals surface area contributed by atoms with E-state index < -0.39 is 0 Å². The second-order valence-corrected chi connectivity index (χ2v) is 6.42. The Bertz CT molecular complexity index is 257. The second kappa shape index (κ2) is 11.4. The van der Waals surface area contributed by atoms with Gasteiger partial charge in [-0.1, -0.05) is 58.3 Å². The molecule has 118 valence electrons. The maximum absolute atomic E-state index is 12.1. The van der Waals surface area contributed by atoms with Gasteiger partial charge in [0.1, 0.15) is 0 Å². The lowest BCUT2D eigenvalue weighted by Crippen LogP contribution is -2.36. The molecule has 0 aromatic heterocycles. The van der Waals surface area contributed by atoms with Crippen molar-refractivity contribution < 1.29 is 4.79 Å². The van der Waals surface area contributed by atoms with E-state index in [2.05, 4.69) is 6.92 Å². The molecule has 0 aliphatic carbocycles. The number of alkyl halides is 1. The summed E-state index contributed by atoms with van der Waals surface area (Å²) in [7, 11) is 0. The van der Waals surface area contributed by atoms with Gasteiger partial charge >= 0.3 is 0 Å². The maximum Gasteiger partial charge on any atom is 0.222 e. The molecule has 0 radical (unpaired) electrons. The van der Waals surface area contributed by atoms with Crippen LogP contribution in [-0.4, -0.2) is 29.3 Å². The van der Waals surface area contributed by atoms with Crippen LogP contribution < -0.4 is 0 Å². The maximum atomic E-state index is 12.1. The van der Waals surface area contributed by atoms with E-state index in [-0.39, 0.29) is 0 Å². The lowest BCUT2D eigenvalue weighted by Gasteiger charge is -2.22. The van der Waals surface area contributed by atoms with E-state index in [0.717, 1.165) is 32.2 Å². The van der Waals surface area contributed by atoms with Gasteiger partial charge in [0.2, 0.25) is 5.91 Å². The molecule has 1 fully saturated rings. The van der Waals surface area contributed by atoms with Gasteiger partial charge in [-0.15, -0.1) is 11.6 Å². The van der Waals surface area contributed by atoms with Crippen molar-refractivity contribution in [3.8, 4) is 0 Å². The van der Waals surface area contributed by atoms with Crippen LogP contribution in [0.2, 0.25) is 0 Å². The third kappa shape index (κ3) is 6.97. The number of carbonyl (C=O) groups is 1. The second-order valence-electron chi connectivity index (χ2n) is 6.12. The molecule has 1 saturated heterocycles. The van der Waals surface area contributed by atoms with Gasteiger partial charge in [0, 0.05) is 24.9 Å². The van der Waals surface area contributed by atoms with Crippen LogP contribution in [0.3, 0.4) is 0 Å². The first-order valence-corrected chi connectivity index (χ1v) is 9.18. The van der Waals surface area contributed by atoms with Crippen LogP contribution in [-0.2, 0) is 4.79 Å². The molecule has 1 aliphatic rings. The van der Waals surface area contributed by atoms with Gasteiger partial charge in [0.15, 0.2) is 0 Å². The standard InChI is InChI=1S/C17H32ClNO/c1-2-3-4-5-6-7-8-9-10-13-17(20)19-14-11-12-16(19)15-18/h16H,2-15H2,1H3. The van der Waals surface area contributed by atoms with Crippen molar-refractivity contribution >= 4 is 17.5 Å². The Kier molecular flexibility index (Phi) is 10.2. The minimum Gasteiger partial charge on any atom is -0.339 e.